The van der Waals surface area contributed by atoms with Crippen LogP contribution in [0.1, 0.15) is 51.0 Å². The Morgan fingerprint density at radius 2 is 1.41 bits per heavy atom. The van der Waals surface area contributed by atoms with E-state index in [-0.39, 0.29) is 0 Å². The molecule has 0 radical (unpaired) electrons. The minimum Gasteiger partial charge on any atom is -0.423 e. The molecule has 0 bridgehead atoms. The molecule has 3 nitrogen and oxygen atoms in total. The van der Waals surface area contributed by atoms with Crippen molar-refractivity contribution < 1.29 is 9.53 Å². The van der Waals surface area contributed by atoms with Gasteiger partial charge in [-0.15, -0.1) is 0 Å². The van der Waals surface area contributed by atoms with Crippen molar-refractivity contribution in [2.24, 2.45) is 0 Å². The Morgan fingerprint density at radius 1 is 0.824 bits per heavy atom. The van der Waals surface area contributed by atoms with Crippen LogP contribution in [0.15, 0.2) is 103 Å². The molecule has 1 atom stereocenters. The number of ether oxygens (including phenoxy) is 1. The van der Waals surface area contributed by atoms with E-state index in [0.29, 0.717) is 22.8 Å². The standard InChI is InChI=1S/C31H25NO2/c1-23(28-5-3-2-4-6-28)21-26-11-9-24(10-12-26)7-8-25-13-17-29(18-14-25)31(33)34-30-19-15-27(22-32)16-20-30/h2-20,23H,21H2,1H3/t23-/m1/s1. The number of esters is 1. The molecule has 0 spiro atoms. The summed E-state index contributed by atoms with van der Waals surface area (Å²) in [6.45, 7) is 2.26. The molecule has 0 N–H and O–H groups in total. The zero-order valence-electron chi connectivity index (χ0n) is 19.0. The lowest BCUT2D eigenvalue weighted by atomic mass is 9.93. The third kappa shape index (κ3) is 6.09. The van der Waals surface area contributed by atoms with Crippen LogP contribution in [0.4, 0.5) is 0 Å². The molecule has 0 fully saturated rings. The molecule has 166 valence electrons. The van der Waals surface area contributed by atoms with Gasteiger partial charge >= 0.3 is 5.97 Å². The van der Waals surface area contributed by atoms with Crippen molar-refractivity contribution in [3.8, 4) is 11.8 Å². The number of hydrogen-bond acceptors (Lipinski definition) is 3. The predicted octanol–water partition coefficient (Wildman–Crippen LogP) is 7.29. The molecule has 0 aromatic heterocycles. The highest BCUT2D eigenvalue weighted by Gasteiger charge is 2.08. The summed E-state index contributed by atoms with van der Waals surface area (Å²) in [5, 5.41) is 8.85. The summed E-state index contributed by atoms with van der Waals surface area (Å²) >= 11 is 0. The first-order valence-corrected chi connectivity index (χ1v) is 11.2. The van der Waals surface area contributed by atoms with Gasteiger partial charge < -0.3 is 4.74 Å². The van der Waals surface area contributed by atoms with Crippen molar-refractivity contribution in [1.29, 1.82) is 5.26 Å². The Morgan fingerprint density at radius 3 is 2.00 bits per heavy atom. The summed E-state index contributed by atoms with van der Waals surface area (Å²) < 4.78 is 5.37. The average molecular weight is 444 g/mol. The average Bonchev–Trinajstić information content (AvgIpc) is 2.89. The maximum atomic E-state index is 12.4. The van der Waals surface area contributed by atoms with Gasteiger partial charge in [0.2, 0.25) is 0 Å². The third-order valence-corrected chi connectivity index (χ3v) is 5.70. The summed E-state index contributed by atoms with van der Waals surface area (Å²) in [6.07, 6.45) is 5.10. The van der Waals surface area contributed by atoms with Crippen molar-refractivity contribution in [2.45, 2.75) is 19.3 Å². The summed E-state index contributed by atoms with van der Waals surface area (Å²) in [7, 11) is 0. The van der Waals surface area contributed by atoms with Gasteiger partial charge in [0.15, 0.2) is 0 Å². The molecule has 3 heteroatoms. The number of rotatable bonds is 7. The Labute approximate surface area is 200 Å². The van der Waals surface area contributed by atoms with Crippen LogP contribution in [0.2, 0.25) is 0 Å². The second-order valence-corrected chi connectivity index (χ2v) is 8.24. The highest BCUT2D eigenvalue weighted by molar-refractivity contribution is 5.91. The van der Waals surface area contributed by atoms with Crippen LogP contribution in [-0.2, 0) is 6.42 Å². The number of nitrogens with zero attached hydrogens (tertiary/aromatic N) is 1. The lowest BCUT2D eigenvalue weighted by Crippen LogP contribution is -2.08. The Hall–Kier alpha value is -4.42. The molecule has 4 aromatic rings. The maximum absolute atomic E-state index is 12.4. The van der Waals surface area contributed by atoms with E-state index >= 15 is 0 Å². The van der Waals surface area contributed by atoms with E-state index in [0.717, 1.165) is 17.5 Å². The van der Waals surface area contributed by atoms with Crippen LogP contribution in [0.3, 0.4) is 0 Å². The van der Waals surface area contributed by atoms with Crippen LogP contribution in [0.5, 0.6) is 5.75 Å². The van der Waals surface area contributed by atoms with Crippen LogP contribution in [0.25, 0.3) is 12.2 Å². The highest BCUT2D eigenvalue weighted by Crippen LogP contribution is 2.21. The normalized spacial score (nSPS) is 11.6. The van der Waals surface area contributed by atoms with Gasteiger partial charge in [-0.2, -0.15) is 5.26 Å². The summed E-state index contributed by atoms with van der Waals surface area (Å²) in [5.74, 6) is 0.458. The number of hydrogen-bond donors (Lipinski definition) is 0. The third-order valence-electron chi connectivity index (χ3n) is 5.70. The SMILES string of the molecule is C[C@H](Cc1ccc(C=Cc2ccc(C(=O)Oc3ccc(C#N)cc3)cc2)cc1)c1ccccc1. The van der Waals surface area contributed by atoms with Crippen LogP contribution in [0, 0.1) is 11.3 Å². The Bertz CT molecular complexity index is 1300. The van der Waals surface area contributed by atoms with Gasteiger partial charge in [0, 0.05) is 0 Å². The first kappa shape index (κ1) is 22.8. The van der Waals surface area contributed by atoms with Crippen molar-refractivity contribution in [2.75, 3.05) is 0 Å². The van der Waals surface area contributed by atoms with Crippen molar-refractivity contribution in [3.05, 3.63) is 137 Å². The fourth-order valence-corrected chi connectivity index (χ4v) is 3.70. The van der Waals surface area contributed by atoms with Gasteiger partial charge in [-0.3, -0.25) is 0 Å². The van der Waals surface area contributed by atoms with E-state index in [1.54, 1.807) is 36.4 Å². The molecule has 0 saturated carbocycles. The van der Waals surface area contributed by atoms with Crippen LogP contribution >= 0.6 is 0 Å². The van der Waals surface area contributed by atoms with E-state index in [1.807, 2.05) is 30.3 Å². The first-order valence-electron chi connectivity index (χ1n) is 11.2. The smallest absolute Gasteiger partial charge is 0.343 e. The van der Waals surface area contributed by atoms with Gasteiger partial charge in [-0.25, -0.2) is 4.79 Å². The fraction of sp³-hybridized carbons (Fsp3) is 0.0968. The first-order chi connectivity index (χ1) is 16.6. The number of carbonyl (C=O) groups is 1. The van der Waals surface area contributed by atoms with E-state index in [1.165, 1.54) is 11.1 Å². The second-order valence-electron chi connectivity index (χ2n) is 8.24. The van der Waals surface area contributed by atoms with Gasteiger partial charge in [0.1, 0.15) is 5.75 Å². The lowest BCUT2D eigenvalue weighted by Gasteiger charge is -2.12. The molecule has 0 aliphatic heterocycles. The molecule has 0 aliphatic carbocycles. The molecular weight excluding hydrogens is 418 g/mol. The molecule has 0 unspecified atom stereocenters. The topological polar surface area (TPSA) is 50.1 Å². The second kappa shape index (κ2) is 10.9. The van der Waals surface area contributed by atoms with Crippen molar-refractivity contribution >= 4 is 18.1 Å². The number of benzene rings is 4. The Kier molecular flexibility index (Phi) is 7.32. The summed E-state index contributed by atoms with van der Waals surface area (Å²) in [6, 6.07) is 35.0. The quantitative estimate of drug-likeness (QED) is 0.171. The zero-order chi connectivity index (χ0) is 23.8. The number of nitriles is 1. The molecule has 34 heavy (non-hydrogen) atoms. The minimum atomic E-state index is -0.430. The molecule has 4 rings (SSSR count). The Balaban J connectivity index is 1.33. The zero-order valence-corrected chi connectivity index (χ0v) is 19.0. The van der Waals surface area contributed by atoms with Gasteiger partial charge in [-0.1, -0.05) is 85.8 Å². The number of carbonyl (C=O) groups excluding carboxylic acids is 1. The fourth-order valence-electron chi connectivity index (χ4n) is 3.70. The molecule has 0 heterocycles. The van der Waals surface area contributed by atoms with Crippen LogP contribution in [-0.4, -0.2) is 5.97 Å². The summed E-state index contributed by atoms with van der Waals surface area (Å²) in [4.78, 5) is 12.4. The highest BCUT2D eigenvalue weighted by atomic mass is 16.5. The van der Waals surface area contributed by atoms with Gasteiger partial charge in [0.25, 0.3) is 0 Å². The van der Waals surface area contributed by atoms with E-state index in [9.17, 15) is 4.79 Å². The molecule has 4 aromatic carbocycles. The molecule has 0 saturated heterocycles. The van der Waals surface area contributed by atoms with E-state index in [2.05, 4.69) is 61.5 Å². The predicted molar refractivity (Wildman–Crippen MR) is 136 cm³/mol. The summed E-state index contributed by atoms with van der Waals surface area (Å²) in [5.41, 5.74) is 5.79. The maximum Gasteiger partial charge on any atom is 0.343 e. The van der Waals surface area contributed by atoms with Gasteiger partial charge in [-0.05, 0) is 71.0 Å². The lowest BCUT2D eigenvalue weighted by molar-refractivity contribution is 0.0734. The van der Waals surface area contributed by atoms with E-state index in [4.69, 9.17) is 10.00 Å². The molecule has 0 amide bonds. The van der Waals surface area contributed by atoms with E-state index < -0.39 is 5.97 Å². The monoisotopic (exact) mass is 443 g/mol. The van der Waals surface area contributed by atoms with Crippen molar-refractivity contribution in [3.63, 3.8) is 0 Å². The molecular formula is C31H25NO2. The molecule has 0 aliphatic rings. The van der Waals surface area contributed by atoms with Crippen molar-refractivity contribution in [1.82, 2.24) is 0 Å². The minimum absolute atomic E-state index is 0.412. The van der Waals surface area contributed by atoms with Crippen LogP contribution < -0.4 is 4.74 Å². The van der Waals surface area contributed by atoms with Gasteiger partial charge in [0.05, 0.1) is 17.2 Å². The largest absolute Gasteiger partial charge is 0.423 e.